The van der Waals surface area contributed by atoms with Crippen molar-refractivity contribution < 1.29 is 9.59 Å². The van der Waals surface area contributed by atoms with Crippen LogP contribution in [0.1, 0.15) is 98.8 Å². The first-order chi connectivity index (χ1) is 10.9. The standard InChI is InChI=1S/C16H31NO2.C4H10/c1-15(2)16(19)12-10-8-6-4-3-5-7-9-11-13-17-14-18;1-4(2)3/h14-15H,3-13H2,1-2H3,(H,17,18);4H,1-3H3. The Morgan fingerprint density at radius 3 is 1.57 bits per heavy atom. The maximum atomic E-state index is 11.4. The SMILES string of the molecule is CC(C)C.CC(C)C(=O)CCCCCCCCCCCNC=O. The molecular weight excluding hydrogens is 286 g/mol. The van der Waals surface area contributed by atoms with Crippen molar-refractivity contribution in [1.29, 1.82) is 0 Å². The lowest BCUT2D eigenvalue weighted by atomic mass is 10.0. The molecule has 0 aromatic heterocycles. The highest BCUT2D eigenvalue weighted by atomic mass is 16.1. The highest BCUT2D eigenvalue weighted by Crippen LogP contribution is 2.11. The minimum absolute atomic E-state index is 0.203. The van der Waals surface area contributed by atoms with E-state index in [0.29, 0.717) is 5.78 Å². The third kappa shape index (κ3) is 26.4. The second-order valence-electron chi connectivity index (χ2n) is 7.36. The zero-order chi connectivity index (χ0) is 17.9. The molecule has 138 valence electrons. The Balaban J connectivity index is 0. The highest BCUT2D eigenvalue weighted by Gasteiger charge is 2.05. The van der Waals surface area contributed by atoms with E-state index < -0.39 is 0 Å². The monoisotopic (exact) mass is 327 g/mol. The van der Waals surface area contributed by atoms with Crippen molar-refractivity contribution in [3.05, 3.63) is 0 Å². The van der Waals surface area contributed by atoms with E-state index in [1.807, 2.05) is 13.8 Å². The first-order valence-electron chi connectivity index (χ1n) is 9.61. The van der Waals surface area contributed by atoms with Gasteiger partial charge in [-0.3, -0.25) is 9.59 Å². The van der Waals surface area contributed by atoms with Gasteiger partial charge in [0.05, 0.1) is 0 Å². The van der Waals surface area contributed by atoms with Crippen LogP contribution < -0.4 is 5.32 Å². The molecule has 0 aliphatic rings. The summed E-state index contributed by atoms with van der Waals surface area (Å²) in [7, 11) is 0. The molecule has 0 aliphatic heterocycles. The van der Waals surface area contributed by atoms with Crippen LogP contribution in [0.15, 0.2) is 0 Å². The van der Waals surface area contributed by atoms with Crippen LogP contribution in [0.4, 0.5) is 0 Å². The van der Waals surface area contributed by atoms with Crippen LogP contribution in [0.3, 0.4) is 0 Å². The van der Waals surface area contributed by atoms with Crippen molar-refractivity contribution in [2.75, 3.05) is 6.54 Å². The molecule has 0 saturated carbocycles. The number of carbonyl (C=O) groups is 2. The number of ketones is 1. The molecule has 0 bridgehead atoms. The lowest BCUT2D eigenvalue weighted by Crippen LogP contribution is -2.11. The third-order valence-corrected chi connectivity index (χ3v) is 3.47. The van der Waals surface area contributed by atoms with E-state index in [-0.39, 0.29) is 5.92 Å². The fraction of sp³-hybridized carbons (Fsp3) is 0.900. The van der Waals surface area contributed by atoms with Crippen molar-refractivity contribution in [2.24, 2.45) is 11.8 Å². The molecule has 0 atom stereocenters. The van der Waals surface area contributed by atoms with E-state index >= 15 is 0 Å². The van der Waals surface area contributed by atoms with Crippen LogP contribution >= 0.6 is 0 Å². The molecule has 1 amide bonds. The van der Waals surface area contributed by atoms with Crippen molar-refractivity contribution in [1.82, 2.24) is 5.32 Å². The van der Waals surface area contributed by atoms with Crippen LogP contribution in [-0.4, -0.2) is 18.7 Å². The summed E-state index contributed by atoms with van der Waals surface area (Å²) in [5, 5.41) is 2.68. The Morgan fingerprint density at radius 2 is 1.17 bits per heavy atom. The molecule has 0 aromatic carbocycles. The van der Waals surface area contributed by atoms with Gasteiger partial charge in [0.25, 0.3) is 0 Å². The quantitative estimate of drug-likeness (QED) is 0.337. The van der Waals surface area contributed by atoms with Gasteiger partial charge >= 0.3 is 0 Å². The topological polar surface area (TPSA) is 46.2 Å². The summed E-state index contributed by atoms with van der Waals surface area (Å²) in [6.07, 6.45) is 12.5. The maximum absolute atomic E-state index is 11.4. The van der Waals surface area contributed by atoms with E-state index in [1.54, 1.807) is 0 Å². The van der Waals surface area contributed by atoms with E-state index in [9.17, 15) is 9.59 Å². The molecule has 0 fully saturated rings. The third-order valence-electron chi connectivity index (χ3n) is 3.47. The van der Waals surface area contributed by atoms with Gasteiger partial charge in [0.1, 0.15) is 5.78 Å². The Labute approximate surface area is 145 Å². The second-order valence-corrected chi connectivity index (χ2v) is 7.36. The van der Waals surface area contributed by atoms with Crippen molar-refractivity contribution >= 4 is 12.2 Å². The summed E-state index contributed by atoms with van der Waals surface area (Å²) < 4.78 is 0. The van der Waals surface area contributed by atoms with Gasteiger partial charge in [-0.15, -0.1) is 0 Å². The number of rotatable bonds is 14. The van der Waals surface area contributed by atoms with Crippen molar-refractivity contribution in [3.63, 3.8) is 0 Å². The Kier molecular flexibility index (Phi) is 20.3. The first kappa shape index (κ1) is 24.4. The fourth-order valence-electron chi connectivity index (χ4n) is 2.11. The van der Waals surface area contributed by atoms with Gasteiger partial charge < -0.3 is 5.32 Å². The van der Waals surface area contributed by atoms with Crippen LogP contribution in [0, 0.1) is 11.8 Å². The summed E-state index contributed by atoms with van der Waals surface area (Å²) in [5.74, 6) is 1.44. The zero-order valence-corrected chi connectivity index (χ0v) is 16.3. The van der Waals surface area contributed by atoms with Crippen LogP contribution in [0.25, 0.3) is 0 Å². The molecule has 0 rings (SSSR count). The van der Waals surface area contributed by atoms with Crippen LogP contribution in [-0.2, 0) is 9.59 Å². The molecule has 0 aliphatic carbocycles. The van der Waals surface area contributed by atoms with Gasteiger partial charge in [-0.2, -0.15) is 0 Å². The molecule has 0 heterocycles. The van der Waals surface area contributed by atoms with Gasteiger partial charge in [0, 0.05) is 18.9 Å². The molecule has 0 radical (unpaired) electrons. The number of hydrogen-bond donors (Lipinski definition) is 1. The van der Waals surface area contributed by atoms with E-state index in [2.05, 4.69) is 26.1 Å². The molecule has 3 heteroatoms. The predicted molar refractivity (Wildman–Crippen MR) is 101 cm³/mol. The minimum atomic E-state index is 0.203. The second kappa shape index (κ2) is 19.2. The van der Waals surface area contributed by atoms with Gasteiger partial charge in [0.2, 0.25) is 6.41 Å². The summed E-state index contributed by atoms with van der Waals surface area (Å²) in [4.78, 5) is 21.4. The normalized spacial score (nSPS) is 10.4. The molecule has 0 unspecified atom stereocenters. The smallest absolute Gasteiger partial charge is 0.207 e. The molecule has 1 N–H and O–H groups in total. The Hall–Kier alpha value is -0.860. The number of hydrogen-bond acceptors (Lipinski definition) is 2. The van der Waals surface area contributed by atoms with Gasteiger partial charge in [0.15, 0.2) is 0 Å². The number of carbonyl (C=O) groups excluding carboxylic acids is 2. The maximum Gasteiger partial charge on any atom is 0.207 e. The summed E-state index contributed by atoms with van der Waals surface area (Å²) in [6, 6.07) is 0. The minimum Gasteiger partial charge on any atom is -0.359 e. The molecule has 23 heavy (non-hydrogen) atoms. The van der Waals surface area contributed by atoms with Gasteiger partial charge in [-0.05, 0) is 18.8 Å². The molecule has 0 aromatic rings. The van der Waals surface area contributed by atoms with Crippen molar-refractivity contribution in [3.8, 4) is 0 Å². The Bertz CT molecular complexity index is 260. The molecule has 0 spiro atoms. The summed E-state index contributed by atoms with van der Waals surface area (Å²) in [6.45, 7) is 11.3. The summed E-state index contributed by atoms with van der Waals surface area (Å²) >= 11 is 0. The molecule has 3 nitrogen and oxygen atoms in total. The van der Waals surface area contributed by atoms with Crippen LogP contribution in [0.2, 0.25) is 0 Å². The lowest BCUT2D eigenvalue weighted by molar-refractivity contribution is -0.122. The fourth-order valence-corrected chi connectivity index (χ4v) is 2.11. The average molecular weight is 328 g/mol. The first-order valence-corrected chi connectivity index (χ1v) is 9.61. The van der Waals surface area contributed by atoms with E-state index in [1.165, 1.54) is 44.9 Å². The zero-order valence-electron chi connectivity index (χ0n) is 16.3. The molecule has 0 saturated heterocycles. The number of unbranched alkanes of at least 4 members (excludes halogenated alkanes) is 8. The average Bonchev–Trinajstić information content (AvgIpc) is 2.47. The van der Waals surface area contributed by atoms with Crippen molar-refractivity contribution in [2.45, 2.75) is 98.8 Å². The predicted octanol–water partition coefficient (Wildman–Crippen LogP) is 5.52. The highest BCUT2D eigenvalue weighted by molar-refractivity contribution is 5.80. The largest absolute Gasteiger partial charge is 0.359 e. The lowest BCUT2D eigenvalue weighted by Gasteiger charge is -2.04. The Morgan fingerprint density at radius 1 is 0.783 bits per heavy atom. The van der Waals surface area contributed by atoms with E-state index in [0.717, 1.165) is 38.1 Å². The van der Waals surface area contributed by atoms with Crippen LogP contribution in [0.5, 0.6) is 0 Å². The van der Waals surface area contributed by atoms with E-state index in [4.69, 9.17) is 0 Å². The number of nitrogens with one attached hydrogen (secondary N) is 1. The van der Waals surface area contributed by atoms with Gasteiger partial charge in [-0.1, -0.05) is 79.6 Å². The summed E-state index contributed by atoms with van der Waals surface area (Å²) in [5.41, 5.74) is 0. The van der Waals surface area contributed by atoms with Gasteiger partial charge in [-0.25, -0.2) is 0 Å². The number of amides is 1. The number of Topliss-reactive ketones (excluding diaryl/α,β-unsaturated/α-hetero) is 1. The molecular formula is C20H41NO2.